The Bertz CT molecular complexity index is 1280. The van der Waals surface area contributed by atoms with E-state index in [0.717, 1.165) is 17.1 Å². The van der Waals surface area contributed by atoms with Crippen LogP contribution in [0, 0.1) is 13.8 Å². The van der Waals surface area contributed by atoms with Crippen LogP contribution in [-0.2, 0) is 9.59 Å². The summed E-state index contributed by atoms with van der Waals surface area (Å²) in [6.07, 6.45) is 1.68. The molecule has 0 bridgehead atoms. The van der Waals surface area contributed by atoms with Crippen molar-refractivity contribution in [1.29, 1.82) is 0 Å². The van der Waals surface area contributed by atoms with E-state index in [1.54, 1.807) is 31.0 Å². The van der Waals surface area contributed by atoms with Crippen LogP contribution in [0.3, 0.4) is 0 Å². The molecular formula is C25H32N6O4. The van der Waals surface area contributed by atoms with Crippen LogP contribution in [0.25, 0.3) is 22.3 Å². The zero-order chi connectivity index (χ0) is 25.4. The first kappa shape index (κ1) is 24.4. The molecule has 0 radical (unpaired) electrons. The molecular weight excluding hydrogens is 448 g/mol. The van der Waals surface area contributed by atoms with E-state index in [9.17, 15) is 14.4 Å². The van der Waals surface area contributed by atoms with Crippen LogP contribution in [-0.4, -0.2) is 74.5 Å². The number of aryl methyl sites for hydroxylation is 2. The quantitative estimate of drug-likeness (QED) is 0.575. The molecule has 1 aliphatic heterocycles. The average molecular weight is 481 g/mol. The summed E-state index contributed by atoms with van der Waals surface area (Å²) in [7, 11) is 0. The van der Waals surface area contributed by atoms with Gasteiger partial charge in [-0.2, -0.15) is 5.10 Å². The van der Waals surface area contributed by atoms with Gasteiger partial charge in [-0.25, -0.2) is 9.67 Å². The SMILES string of the molecule is Cc1cc(-c2cc(C(=O)N3CCN(C(=O)C(=O)NC(C)C)CC3)c3cnn(C(C)C)c3n2)c(C)o1. The smallest absolute Gasteiger partial charge is 0.312 e. The Balaban J connectivity index is 1.63. The van der Waals surface area contributed by atoms with E-state index in [4.69, 9.17) is 9.40 Å². The normalized spacial score (nSPS) is 14.3. The maximum Gasteiger partial charge on any atom is 0.312 e. The summed E-state index contributed by atoms with van der Waals surface area (Å²) < 4.78 is 7.51. The lowest BCUT2D eigenvalue weighted by molar-refractivity contribution is -0.147. The van der Waals surface area contributed by atoms with Gasteiger partial charge in [0.1, 0.15) is 11.5 Å². The van der Waals surface area contributed by atoms with Crippen molar-refractivity contribution in [3.63, 3.8) is 0 Å². The zero-order valence-corrected chi connectivity index (χ0v) is 21.1. The second kappa shape index (κ2) is 9.52. The second-order valence-electron chi connectivity index (χ2n) is 9.51. The van der Waals surface area contributed by atoms with Crippen LogP contribution in [0.5, 0.6) is 0 Å². The van der Waals surface area contributed by atoms with E-state index in [-0.39, 0.29) is 18.0 Å². The van der Waals surface area contributed by atoms with Crippen molar-refractivity contribution in [3.8, 4) is 11.3 Å². The number of rotatable bonds is 4. The third-order valence-electron chi connectivity index (χ3n) is 6.07. The summed E-state index contributed by atoms with van der Waals surface area (Å²) in [5, 5.41) is 7.79. The van der Waals surface area contributed by atoms with Gasteiger partial charge >= 0.3 is 11.8 Å². The fourth-order valence-electron chi connectivity index (χ4n) is 4.35. The number of fused-ring (bicyclic) bond motifs is 1. The molecule has 1 saturated heterocycles. The van der Waals surface area contributed by atoms with E-state index in [1.807, 2.05) is 38.4 Å². The highest BCUT2D eigenvalue weighted by Crippen LogP contribution is 2.30. The molecule has 35 heavy (non-hydrogen) atoms. The van der Waals surface area contributed by atoms with Crippen LogP contribution in [0.2, 0.25) is 0 Å². The van der Waals surface area contributed by atoms with Crippen molar-refractivity contribution in [2.45, 2.75) is 53.6 Å². The number of nitrogens with zero attached hydrogens (tertiary/aromatic N) is 5. The van der Waals surface area contributed by atoms with E-state index in [0.29, 0.717) is 48.5 Å². The number of carbonyl (C=O) groups is 3. The van der Waals surface area contributed by atoms with Gasteiger partial charge in [0, 0.05) is 43.8 Å². The van der Waals surface area contributed by atoms with Crippen molar-refractivity contribution in [2.75, 3.05) is 26.2 Å². The Hall–Kier alpha value is -3.69. The molecule has 0 atom stereocenters. The highest BCUT2D eigenvalue weighted by Gasteiger charge is 2.30. The molecule has 0 unspecified atom stereocenters. The van der Waals surface area contributed by atoms with E-state index in [1.165, 1.54) is 4.90 Å². The molecule has 186 valence electrons. The summed E-state index contributed by atoms with van der Waals surface area (Å²) >= 11 is 0. The van der Waals surface area contributed by atoms with Gasteiger partial charge in [-0.3, -0.25) is 14.4 Å². The minimum atomic E-state index is -0.618. The second-order valence-corrected chi connectivity index (χ2v) is 9.51. The van der Waals surface area contributed by atoms with Gasteiger partial charge in [-0.15, -0.1) is 0 Å². The Morgan fingerprint density at radius 3 is 2.23 bits per heavy atom. The first-order valence-corrected chi connectivity index (χ1v) is 11.9. The molecule has 1 fully saturated rings. The number of aromatic nitrogens is 3. The van der Waals surface area contributed by atoms with E-state index >= 15 is 0 Å². The van der Waals surface area contributed by atoms with Crippen molar-refractivity contribution in [2.24, 2.45) is 0 Å². The molecule has 4 heterocycles. The first-order chi connectivity index (χ1) is 16.6. The fourth-order valence-corrected chi connectivity index (χ4v) is 4.35. The average Bonchev–Trinajstić information content (AvgIpc) is 3.39. The van der Waals surface area contributed by atoms with E-state index in [2.05, 4.69) is 10.4 Å². The Labute approximate surface area is 204 Å². The summed E-state index contributed by atoms with van der Waals surface area (Å²) in [5.41, 5.74) is 2.63. The molecule has 0 spiro atoms. The number of pyridine rings is 1. The highest BCUT2D eigenvalue weighted by atomic mass is 16.3. The van der Waals surface area contributed by atoms with Gasteiger partial charge in [-0.05, 0) is 53.7 Å². The van der Waals surface area contributed by atoms with Crippen LogP contribution in [0.15, 0.2) is 22.7 Å². The Morgan fingerprint density at radius 2 is 1.66 bits per heavy atom. The van der Waals surface area contributed by atoms with Crippen LogP contribution < -0.4 is 5.32 Å². The standard InChI is InChI=1S/C25H32N6O4/c1-14(2)27-23(32)25(34)30-9-7-29(8-10-30)24(33)19-12-21(18-11-16(5)35-17(18)6)28-22-20(19)13-26-31(22)15(3)4/h11-15H,7-10H2,1-6H3,(H,27,32). The number of amides is 3. The zero-order valence-electron chi connectivity index (χ0n) is 21.1. The van der Waals surface area contributed by atoms with Crippen molar-refractivity contribution >= 4 is 28.8 Å². The van der Waals surface area contributed by atoms with Gasteiger partial charge in [0.05, 0.1) is 22.8 Å². The van der Waals surface area contributed by atoms with E-state index < -0.39 is 11.8 Å². The molecule has 3 aromatic heterocycles. The number of piperazine rings is 1. The van der Waals surface area contributed by atoms with Crippen molar-refractivity contribution in [3.05, 3.63) is 35.4 Å². The number of furan rings is 1. The molecule has 10 nitrogen and oxygen atoms in total. The topological polar surface area (TPSA) is 114 Å². The van der Waals surface area contributed by atoms with Gasteiger partial charge in [0.25, 0.3) is 5.91 Å². The summed E-state index contributed by atoms with van der Waals surface area (Å²) in [4.78, 5) is 46.2. The monoisotopic (exact) mass is 480 g/mol. The molecule has 1 N–H and O–H groups in total. The molecule has 0 aliphatic carbocycles. The molecule has 1 aliphatic rings. The lowest BCUT2D eigenvalue weighted by Crippen LogP contribution is -2.54. The van der Waals surface area contributed by atoms with Gasteiger partial charge in [-0.1, -0.05) is 0 Å². The van der Waals surface area contributed by atoms with Gasteiger partial charge in [0.15, 0.2) is 5.65 Å². The third kappa shape index (κ3) is 4.78. The number of nitrogens with one attached hydrogen (secondary N) is 1. The van der Waals surface area contributed by atoms with Gasteiger partial charge < -0.3 is 19.5 Å². The Kier molecular flexibility index (Phi) is 6.64. The first-order valence-electron chi connectivity index (χ1n) is 11.9. The van der Waals surface area contributed by atoms with Crippen LogP contribution >= 0.6 is 0 Å². The molecule has 0 saturated carbocycles. The molecule has 0 aromatic carbocycles. The summed E-state index contributed by atoms with van der Waals surface area (Å²) in [6, 6.07) is 3.66. The largest absolute Gasteiger partial charge is 0.466 e. The Morgan fingerprint density at radius 1 is 1.00 bits per heavy atom. The minimum absolute atomic E-state index is 0.0666. The van der Waals surface area contributed by atoms with Crippen LogP contribution in [0.1, 0.15) is 55.6 Å². The molecule has 10 heteroatoms. The lowest BCUT2D eigenvalue weighted by Gasteiger charge is -2.34. The summed E-state index contributed by atoms with van der Waals surface area (Å²) in [5.74, 6) is 0.163. The number of hydrogen-bond donors (Lipinski definition) is 1. The minimum Gasteiger partial charge on any atom is -0.466 e. The predicted molar refractivity (Wildman–Crippen MR) is 131 cm³/mol. The molecule has 3 aromatic rings. The van der Waals surface area contributed by atoms with Crippen molar-refractivity contribution in [1.82, 2.24) is 29.9 Å². The predicted octanol–water partition coefficient (Wildman–Crippen LogP) is 2.70. The summed E-state index contributed by atoms with van der Waals surface area (Å²) in [6.45, 7) is 12.6. The highest BCUT2D eigenvalue weighted by molar-refractivity contribution is 6.35. The number of hydrogen-bond acceptors (Lipinski definition) is 6. The van der Waals surface area contributed by atoms with Crippen LogP contribution in [0.4, 0.5) is 0 Å². The fraction of sp³-hybridized carbons (Fsp3) is 0.480. The third-order valence-corrected chi connectivity index (χ3v) is 6.07. The lowest BCUT2D eigenvalue weighted by atomic mass is 10.1. The molecule has 3 amide bonds. The molecule has 4 rings (SSSR count). The van der Waals surface area contributed by atoms with Gasteiger partial charge in [0.2, 0.25) is 0 Å². The number of carbonyl (C=O) groups excluding carboxylic acids is 3. The van der Waals surface area contributed by atoms with Crippen molar-refractivity contribution < 1.29 is 18.8 Å². The maximum absolute atomic E-state index is 13.7. The maximum atomic E-state index is 13.7.